The second-order valence-corrected chi connectivity index (χ2v) is 17.5. The molecule has 0 spiro atoms. The number of nitrogens with two attached hydrogens (primary N) is 1. The first-order valence-corrected chi connectivity index (χ1v) is 23.2. The molecule has 4 aliphatic carbocycles. The third kappa shape index (κ3) is 14.8. The van der Waals surface area contributed by atoms with Gasteiger partial charge in [-0.05, 0) is 116 Å². The van der Waals surface area contributed by atoms with Crippen LogP contribution in [0, 0.1) is 23.7 Å². The SMILES string of the molecule is C=C(C)[C@@H]1CCC(C)=C[C@H]1C1=C(O)C(=O)C(CCCCC)=CC1=O.C=C(C)[C@@H]1CCC(C)=C[C@H]1C1=C(O)C(NCCCCC)=C(CCCCC)C(=O)C1=O.CCCCCN. The van der Waals surface area contributed by atoms with Gasteiger partial charge in [-0.1, -0.05) is 127 Å². The van der Waals surface area contributed by atoms with E-state index in [9.17, 15) is 29.4 Å². The van der Waals surface area contributed by atoms with E-state index in [2.05, 4.69) is 52.2 Å². The lowest BCUT2D eigenvalue weighted by atomic mass is 9.70. The summed E-state index contributed by atoms with van der Waals surface area (Å²) in [5.74, 6) is -2.35. The maximum atomic E-state index is 13.2. The number of hydrogen-bond donors (Lipinski definition) is 4. The highest BCUT2D eigenvalue weighted by atomic mass is 16.3. The molecule has 4 rings (SSSR count). The van der Waals surface area contributed by atoms with Crippen LogP contribution in [0.1, 0.15) is 171 Å². The highest BCUT2D eigenvalue weighted by molar-refractivity contribution is 6.50. The van der Waals surface area contributed by atoms with Gasteiger partial charge in [0, 0.05) is 29.5 Å². The molecule has 0 aromatic carbocycles. The standard InChI is InChI=1S/C26H39NO3.C21H28O3.C5H13N/c1-6-8-10-12-20-23(27-15-11-9-7-2)25(29)22(26(30)24(20)28)21-16-18(5)13-14-19(21)17(3)4;1-5-6-7-8-15-12-18(22)19(21(24)20(15)23)17-11-14(4)9-10-16(17)13(2)3;1-2-3-4-5-6/h16,19,21,27,29H,3,6-15H2,1-2,4-5H3;11-12,16-17,24H,2,5-10H2,1,3-4H3;2-6H2,1H3/t19-,21+;16-,17+;/m00./s1. The zero-order chi connectivity index (χ0) is 44.9. The number of hydrogen-bond acceptors (Lipinski definition) is 8. The number of ketones is 4. The fourth-order valence-corrected chi connectivity index (χ4v) is 8.61. The van der Waals surface area contributed by atoms with Crippen molar-refractivity contribution in [3.63, 3.8) is 0 Å². The average Bonchev–Trinajstić information content (AvgIpc) is 3.20. The summed E-state index contributed by atoms with van der Waals surface area (Å²) < 4.78 is 0. The Bertz CT molecular complexity index is 1730. The van der Waals surface area contributed by atoms with Crippen LogP contribution in [0.2, 0.25) is 0 Å². The summed E-state index contributed by atoms with van der Waals surface area (Å²) in [7, 11) is 0. The molecule has 0 aliphatic heterocycles. The Balaban J connectivity index is 0.000000370. The van der Waals surface area contributed by atoms with Crippen LogP contribution in [0.3, 0.4) is 0 Å². The van der Waals surface area contributed by atoms with E-state index in [1.165, 1.54) is 36.5 Å². The molecule has 0 saturated heterocycles. The van der Waals surface area contributed by atoms with Gasteiger partial charge in [-0.15, -0.1) is 0 Å². The Labute approximate surface area is 363 Å². The molecule has 0 bridgehead atoms. The van der Waals surface area contributed by atoms with Gasteiger partial charge in [0.05, 0.1) is 16.8 Å². The highest BCUT2D eigenvalue weighted by Gasteiger charge is 2.41. The number of nitrogens with one attached hydrogen (secondary N) is 1. The predicted molar refractivity (Wildman–Crippen MR) is 248 cm³/mol. The summed E-state index contributed by atoms with van der Waals surface area (Å²) in [5, 5.41) is 25.1. The lowest BCUT2D eigenvalue weighted by Gasteiger charge is -2.34. The Morgan fingerprint density at radius 1 is 0.667 bits per heavy atom. The van der Waals surface area contributed by atoms with Gasteiger partial charge in [-0.25, -0.2) is 0 Å². The van der Waals surface area contributed by atoms with E-state index in [0.29, 0.717) is 36.2 Å². The van der Waals surface area contributed by atoms with Crippen molar-refractivity contribution in [2.45, 2.75) is 171 Å². The lowest BCUT2D eigenvalue weighted by Crippen LogP contribution is -2.36. The molecule has 0 fully saturated rings. The van der Waals surface area contributed by atoms with Gasteiger partial charge in [0.1, 0.15) is 5.76 Å². The molecule has 60 heavy (non-hydrogen) atoms. The van der Waals surface area contributed by atoms with Crippen molar-refractivity contribution >= 4 is 23.1 Å². The quantitative estimate of drug-likeness (QED) is 0.0312. The molecule has 0 saturated carbocycles. The Kier molecular flexibility index (Phi) is 23.5. The minimum Gasteiger partial charge on any atom is -0.505 e. The molecule has 334 valence electrons. The van der Waals surface area contributed by atoms with Crippen LogP contribution in [0.4, 0.5) is 0 Å². The maximum absolute atomic E-state index is 13.2. The molecule has 8 nitrogen and oxygen atoms in total. The number of aliphatic hydroxyl groups excluding tert-OH is 2. The molecule has 0 aromatic rings. The van der Waals surface area contributed by atoms with Gasteiger partial charge in [-0.2, -0.15) is 0 Å². The summed E-state index contributed by atoms with van der Waals surface area (Å²) in [5.41, 5.74) is 11.5. The summed E-state index contributed by atoms with van der Waals surface area (Å²) >= 11 is 0. The van der Waals surface area contributed by atoms with Crippen LogP contribution in [0.15, 0.2) is 93.2 Å². The molecular weight excluding hydrogens is 749 g/mol. The zero-order valence-electron chi connectivity index (χ0n) is 38.7. The van der Waals surface area contributed by atoms with Crippen LogP contribution >= 0.6 is 0 Å². The van der Waals surface area contributed by atoms with Crippen LogP contribution in [0.25, 0.3) is 0 Å². The van der Waals surface area contributed by atoms with E-state index >= 15 is 0 Å². The fourth-order valence-electron chi connectivity index (χ4n) is 8.61. The minimum atomic E-state index is -0.541. The van der Waals surface area contributed by atoms with Gasteiger partial charge in [0.2, 0.25) is 17.3 Å². The van der Waals surface area contributed by atoms with E-state index in [0.717, 1.165) is 101 Å². The first-order chi connectivity index (χ1) is 28.6. The lowest BCUT2D eigenvalue weighted by molar-refractivity contribution is -0.133. The second kappa shape index (κ2) is 27.0. The van der Waals surface area contributed by atoms with Crippen LogP contribution in [-0.2, 0) is 19.2 Å². The van der Waals surface area contributed by atoms with Gasteiger partial charge < -0.3 is 21.3 Å². The Hall–Kier alpha value is -4.04. The third-order valence-electron chi connectivity index (χ3n) is 12.2. The number of aliphatic hydroxyl groups is 2. The molecule has 5 N–H and O–H groups in total. The second-order valence-electron chi connectivity index (χ2n) is 17.5. The number of rotatable bonds is 20. The number of Topliss-reactive ketones (excluding diaryl/α,β-unsaturated/α-hetero) is 3. The average molecular weight is 829 g/mol. The summed E-state index contributed by atoms with van der Waals surface area (Å²) in [4.78, 5) is 51.5. The number of unbranched alkanes of at least 4 members (excludes halogenated alkanes) is 8. The number of carbonyl (C=O) groups is 4. The predicted octanol–water partition coefficient (Wildman–Crippen LogP) is 12.3. The monoisotopic (exact) mass is 829 g/mol. The Morgan fingerprint density at radius 3 is 1.63 bits per heavy atom. The smallest absolute Gasteiger partial charge is 0.233 e. The van der Waals surface area contributed by atoms with E-state index in [4.69, 9.17) is 5.73 Å². The van der Waals surface area contributed by atoms with Gasteiger partial charge in [0.15, 0.2) is 11.5 Å². The Morgan fingerprint density at radius 2 is 1.15 bits per heavy atom. The molecular formula is C52H80N2O6. The summed E-state index contributed by atoms with van der Waals surface area (Å²) in [6.07, 6.45) is 23.0. The molecule has 0 aromatic heterocycles. The summed E-state index contributed by atoms with van der Waals surface area (Å²) in [6.45, 7) is 26.2. The van der Waals surface area contributed by atoms with E-state index < -0.39 is 11.6 Å². The number of carbonyl (C=O) groups excluding carboxylic acids is 4. The molecule has 0 unspecified atom stereocenters. The molecule has 4 aliphatic rings. The minimum absolute atomic E-state index is 0.0233. The van der Waals surface area contributed by atoms with Crippen LogP contribution < -0.4 is 11.1 Å². The molecule has 0 heterocycles. The van der Waals surface area contributed by atoms with Crippen molar-refractivity contribution in [1.29, 1.82) is 0 Å². The van der Waals surface area contributed by atoms with Crippen molar-refractivity contribution in [2.75, 3.05) is 13.1 Å². The molecule has 0 amide bonds. The normalized spacial score (nSPS) is 22.1. The molecule has 4 atom stereocenters. The van der Waals surface area contributed by atoms with Crippen molar-refractivity contribution in [3.8, 4) is 0 Å². The number of allylic oxidation sites excluding steroid dienone is 11. The van der Waals surface area contributed by atoms with Crippen molar-refractivity contribution in [2.24, 2.45) is 29.4 Å². The molecule has 8 heteroatoms. The van der Waals surface area contributed by atoms with Crippen LogP contribution in [0.5, 0.6) is 0 Å². The molecule has 0 radical (unpaired) electrons. The topological polar surface area (TPSA) is 147 Å². The highest BCUT2D eigenvalue weighted by Crippen LogP contribution is 2.42. The van der Waals surface area contributed by atoms with Gasteiger partial charge in [0.25, 0.3) is 0 Å². The van der Waals surface area contributed by atoms with E-state index in [-0.39, 0.29) is 57.9 Å². The first-order valence-electron chi connectivity index (χ1n) is 23.2. The summed E-state index contributed by atoms with van der Waals surface area (Å²) in [6, 6.07) is 0. The largest absolute Gasteiger partial charge is 0.505 e. The zero-order valence-corrected chi connectivity index (χ0v) is 38.7. The van der Waals surface area contributed by atoms with Crippen LogP contribution in [-0.4, -0.2) is 46.4 Å². The van der Waals surface area contributed by atoms with E-state index in [1.54, 1.807) is 0 Å². The van der Waals surface area contributed by atoms with Gasteiger partial charge in [-0.3, -0.25) is 19.2 Å². The van der Waals surface area contributed by atoms with Crippen molar-refractivity contribution in [1.82, 2.24) is 5.32 Å². The van der Waals surface area contributed by atoms with Crippen molar-refractivity contribution < 1.29 is 29.4 Å². The third-order valence-corrected chi connectivity index (χ3v) is 12.2. The fraction of sp³-hybridized carbons (Fsp3) is 0.615. The maximum Gasteiger partial charge on any atom is 0.233 e. The van der Waals surface area contributed by atoms with Crippen molar-refractivity contribution in [3.05, 3.63) is 93.2 Å². The first kappa shape index (κ1) is 52.1. The van der Waals surface area contributed by atoms with E-state index in [1.807, 2.05) is 33.8 Å². The van der Waals surface area contributed by atoms with Gasteiger partial charge >= 0.3 is 0 Å².